The molecule has 0 aromatic heterocycles. The van der Waals surface area contributed by atoms with Crippen LogP contribution in [0.2, 0.25) is 0 Å². The quantitative estimate of drug-likeness (QED) is 0.773. The second-order valence-corrected chi connectivity index (χ2v) is 7.46. The van der Waals surface area contributed by atoms with E-state index in [-0.39, 0.29) is 16.7 Å². The van der Waals surface area contributed by atoms with Gasteiger partial charge >= 0.3 is 6.61 Å². The summed E-state index contributed by atoms with van der Waals surface area (Å²) in [6.07, 6.45) is 5.78. The van der Waals surface area contributed by atoms with Crippen LogP contribution in [0, 0.1) is 0 Å². The van der Waals surface area contributed by atoms with Gasteiger partial charge in [0.2, 0.25) is 10.0 Å². The van der Waals surface area contributed by atoms with Gasteiger partial charge < -0.3 is 4.74 Å². The lowest BCUT2D eigenvalue weighted by atomic mass is 10.1. The number of benzene rings is 1. The second kappa shape index (κ2) is 7.37. The van der Waals surface area contributed by atoms with Gasteiger partial charge in [-0.15, -0.1) is 0 Å². The Labute approximate surface area is 130 Å². The molecule has 1 aliphatic rings. The topological polar surface area (TPSA) is 46.6 Å². The van der Waals surface area contributed by atoms with Crippen LogP contribution in [0.4, 0.5) is 8.78 Å². The first-order chi connectivity index (χ1) is 10.4. The summed E-state index contributed by atoms with van der Waals surface area (Å²) in [5.74, 6) is -0.307. The van der Waals surface area contributed by atoms with Crippen LogP contribution < -0.4 is 4.74 Å². The first kappa shape index (κ1) is 17.1. The minimum atomic E-state index is -3.86. The van der Waals surface area contributed by atoms with E-state index in [1.165, 1.54) is 35.6 Å². The van der Waals surface area contributed by atoms with Gasteiger partial charge in [0, 0.05) is 13.1 Å². The van der Waals surface area contributed by atoms with Crippen LogP contribution in [-0.4, -0.2) is 32.4 Å². The van der Waals surface area contributed by atoms with Crippen molar-refractivity contribution in [1.29, 1.82) is 0 Å². The van der Waals surface area contributed by atoms with Crippen molar-refractivity contribution >= 4 is 10.0 Å². The molecule has 0 aliphatic heterocycles. The Morgan fingerprint density at radius 3 is 2.32 bits per heavy atom. The number of rotatable bonds is 5. The van der Waals surface area contributed by atoms with E-state index in [2.05, 4.69) is 4.74 Å². The Morgan fingerprint density at radius 2 is 1.73 bits per heavy atom. The molecule has 124 valence electrons. The fourth-order valence-corrected chi connectivity index (χ4v) is 4.36. The van der Waals surface area contributed by atoms with Crippen molar-refractivity contribution in [1.82, 2.24) is 4.31 Å². The molecule has 1 fully saturated rings. The van der Waals surface area contributed by atoms with Crippen LogP contribution in [-0.2, 0) is 10.0 Å². The number of hydrogen-bond acceptors (Lipinski definition) is 3. The highest BCUT2D eigenvalue weighted by atomic mass is 32.2. The van der Waals surface area contributed by atoms with Crippen molar-refractivity contribution in [3.8, 4) is 5.75 Å². The smallest absolute Gasteiger partial charge is 0.387 e. The Bertz CT molecular complexity index is 584. The normalized spacial score (nSPS) is 17.7. The predicted octanol–water partition coefficient (Wildman–Crippen LogP) is 3.63. The molecule has 1 aromatic rings. The van der Waals surface area contributed by atoms with Crippen molar-refractivity contribution in [3.05, 3.63) is 24.3 Å². The third kappa shape index (κ3) is 3.95. The van der Waals surface area contributed by atoms with Gasteiger partial charge in [-0.2, -0.15) is 13.1 Å². The molecule has 0 saturated heterocycles. The van der Waals surface area contributed by atoms with Crippen molar-refractivity contribution in [2.75, 3.05) is 7.05 Å². The van der Waals surface area contributed by atoms with Crippen molar-refractivity contribution in [3.63, 3.8) is 0 Å². The molecule has 0 amide bonds. The number of nitrogens with zero attached hydrogens (tertiary/aromatic N) is 1. The van der Waals surface area contributed by atoms with Gasteiger partial charge in [0.05, 0.1) is 0 Å². The first-order valence-corrected chi connectivity index (χ1v) is 8.89. The number of ether oxygens (including phenoxy) is 1. The van der Waals surface area contributed by atoms with E-state index in [0.29, 0.717) is 0 Å². The number of hydrogen-bond donors (Lipinski definition) is 0. The molecule has 0 N–H and O–H groups in total. The molecule has 22 heavy (non-hydrogen) atoms. The maximum atomic E-state index is 12.7. The third-order valence-electron chi connectivity index (χ3n) is 4.06. The molecule has 0 heterocycles. The fourth-order valence-electron chi connectivity index (χ4n) is 2.83. The lowest BCUT2D eigenvalue weighted by Crippen LogP contribution is -2.37. The Hall–Kier alpha value is -1.21. The first-order valence-electron chi connectivity index (χ1n) is 7.45. The summed E-state index contributed by atoms with van der Waals surface area (Å²) in [5.41, 5.74) is 0. The van der Waals surface area contributed by atoms with Gasteiger partial charge in [-0.05, 0) is 25.0 Å². The van der Waals surface area contributed by atoms with Crippen molar-refractivity contribution in [2.45, 2.75) is 56.1 Å². The molecule has 0 spiro atoms. The van der Waals surface area contributed by atoms with Crippen molar-refractivity contribution in [2.24, 2.45) is 0 Å². The minimum absolute atomic E-state index is 0.0906. The molecule has 7 heteroatoms. The molecule has 0 atom stereocenters. The standard InChI is InChI=1S/C15H21F2NO3S/c1-18(12-8-4-2-3-5-9-12)22(19,20)14-11-7-6-10-13(14)21-15(16)17/h6-7,10-12,15H,2-5,8-9H2,1H3. The van der Waals surface area contributed by atoms with Crippen LogP contribution in [0.25, 0.3) is 0 Å². The average Bonchev–Trinajstić information content (AvgIpc) is 2.75. The zero-order valence-electron chi connectivity index (χ0n) is 12.5. The molecule has 1 aromatic carbocycles. The molecular weight excluding hydrogens is 312 g/mol. The monoisotopic (exact) mass is 333 g/mol. The SMILES string of the molecule is CN(C1CCCCCC1)S(=O)(=O)c1ccccc1OC(F)F. The molecule has 2 rings (SSSR count). The number of alkyl halides is 2. The fraction of sp³-hybridized carbons (Fsp3) is 0.600. The summed E-state index contributed by atoms with van der Waals surface area (Å²) < 4.78 is 56.1. The van der Waals surface area contributed by atoms with Crippen LogP contribution >= 0.6 is 0 Å². The summed E-state index contributed by atoms with van der Waals surface area (Å²) in [7, 11) is -2.34. The second-order valence-electron chi connectivity index (χ2n) is 5.49. The zero-order valence-corrected chi connectivity index (χ0v) is 13.4. The highest BCUT2D eigenvalue weighted by Crippen LogP contribution is 2.31. The highest BCUT2D eigenvalue weighted by molar-refractivity contribution is 7.89. The Balaban J connectivity index is 2.29. The number of sulfonamides is 1. The highest BCUT2D eigenvalue weighted by Gasteiger charge is 2.31. The summed E-state index contributed by atoms with van der Waals surface area (Å²) in [6.45, 7) is -3.06. The maximum absolute atomic E-state index is 12.7. The molecule has 0 bridgehead atoms. The van der Waals surface area contributed by atoms with Gasteiger partial charge in [0.1, 0.15) is 10.6 Å². The van der Waals surface area contributed by atoms with E-state index in [9.17, 15) is 17.2 Å². The summed E-state index contributed by atoms with van der Waals surface area (Å²) in [4.78, 5) is -0.206. The third-order valence-corrected chi connectivity index (χ3v) is 6.01. The van der Waals surface area contributed by atoms with Crippen LogP contribution in [0.1, 0.15) is 38.5 Å². The molecule has 4 nitrogen and oxygen atoms in total. The van der Waals surface area contributed by atoms with Crippen LogP contribution in [0.3, 0.4) is 0 Å². The Morgan fingerprint density at radius 1 is 1.14 bits per heavy atom. The molecule has 1 aliphatic carbocycles. The lowest BCUT2D eigenvalue weighted by Gasteiger charge is -2.27. The Kier molecular flexibility index (Phi) is 5.74. The summed E-state index contributed by atoms with van der Waals surface area (Å²) in [5, 5.41) is 0. The van der Waals surface area contributed by atoms with Crippen LogP contribution in [0.15, 0.2) is 29.2 Å². The van der Waals surface area contributed by atoms with Gasteiger partial charge in [0.25, 0.3) is 0 Å². The van der Waals surface area contributed by atoms with E-state index in [0.717, 1.165) is 38.5 Å². The van der Waals surface area contributed by atoms with E-state index in [1.807, 2.05) is 0 Å². The average molecular weight is 333 g/mol. The molecule has 0 radical (unpaired) electrons. The number of para-hydroxylation sites is 1. The largest absolute Gasteiger partial charge is 0.433 e. The molecule has 1 saturated carbocycles. The van der Waals surface area contributed by atoms with Gasteiger partial charge in [-0.3, -0.25) is 0 Å². The maximum Gasteiger partial charge on any atom is 0.387 e. The zero-order chi connectivity index (χ0) is 16.2. The summed E-state index contributed by atoms with van der Waals surface area (Å²) in [6, 6.07) is 5.45. The van der Waals surface area contributed by atoms with Gasteiger partial charge in [0.15, 0.2) is 0 Å². The minimum Gasteiger partial charge on any atom is -0.433 e. The van der Waals surface area contributed by atoms with E-state index in [4.69, 9.17) is 0 Å². The van der Waals surface area contributed by atoms with E-state index >= 15 is 0 Å². The van der Waals surface area contributed by atoms with E-state index < -0.39 is 16.6 Å². The molecular formula is C15H21F2NO3S. The lowest BCUT2D eigenvalue weighted by molar-refractivity contribution is -0.0518. The predicted molar refractivity (Wildman–Crippen MR) is 79.5 cm³/mol. The number of halogens is 2. The summed E-state index contributed by atoms with van der Waals surface area (Å²) >= 11 is 0. The molecule has 0 unspecified atom stereocenters. The van der Waals surface area contributed by atoms with Gasteiger partial charge in [-0.1, -0.05) is 37.8 Å². The van der Waals surface area contributed by atoms with Crippen LogP contribution in [0.5, 0.6) is 5.75 Å². The van der Waals surface area contributed by atoms with E-state index in [1.54, 1.807) is 0 Å². The van der Waals surface area contributed by atoms with Crippen molar-refractivity contribution < 1.29 is 21.9 Å². The van der Waals surface area contributed by atoms with Gasteiger partial charge in [-0.25, -0.2) is 8.42 Å².